The molecule has 27 heavy (non-hydrogen) atoms. The lowest BCUT2D eigenvalue weighted by molar-refractivity contribution is 0.249. The van der Waals surface area contributed by atoms with E-state index in [-0.39, 0.29) is 29.7 Å². The highest BCUT2D eigenvalue weighted by Gasteiger charge is 2.27. The summed E-state index contributed by atoms with van der Waals surface area (Å²) < 4.78 is 25.3. The van der Waals surface area contributed by atoms with Gasteiger partial charge < -0.3 is 10.6 Å². The van der Waals surface area contributed by atoms with Crippen LogP contribution in [-0.2, 0) is 10.0 Å². The Morgan fingerprint density at radius 3 is 2.63 bits per heavy atom. The van der Waals surface area contributed by atoms with Gasteiger partial charge in [-0.2, -0.15) is 0 Å². The Bertz CT molecular complexity index is 690. The molecule has 1 aromatic heterocycles. The van der Waals surface area contributed by atoms with Gasteiger partial charge in [-0.15, -0.1) is 35.3 Å². The lowest BCUT2D eigenvalue weighted by Crippen LogP contribution is -2.44. The van der Waals surface area contributed by atoms with Crippen molar-refractivity contribution in [3.8, 4) is 0 Å². The smallest absolute Gasteiger partial charge is 0.214 e. The van der Waals surface area contributed by atoms with Crippen molar-refractivity contribution in [2.45, 2.75) is 25.3 Å². The van der Waals surface area contributed by atoms with E-state index in [1.807, 2.05) is 0 Å². The fourth-order valence-corrected chi connectivity index (χ4v) is 5.99. The number of nitrogens with one attached hydrogen (secondary N) is 2. The number of hydrogen-bond acceptors (Lipinski definition) is 5. The zero-order valence-electron chi connectivity index (χ0n) is 15.8. The highest BCUT2D eigenvalue weighted by atomic mass is 127. The van der Waals surface area contributed by atoms with E-state index in [9.17, 15) is 8.42 Å². The summed E-state index contributed by atoms with van der Waals surface area (Å²) in [4.78, 5) is 8.18. The van der Waals surface area contributed by atoms with E-state index in [1.165, 1.54) is 17.7 Å². The van der Waals surface area contributed by atoms with Crippen LogP contribution in [0.25, 0.3) is 0 Å². The van der Waals surface area contributed by atoms with Crippen LogP contribution in [-0.4, -0.2) is 75.7 Å². The van der Waals surface area contributed by atoms with Gasteiger partial charge in [0.05, 0.1) is 11.8 Å². The molecule has 2 N–H and O–H groups in total. The topological polar surface area (TPSA) is 77.0 Å². The monoisotopic (exact) mass is 527 g/mol. The Morgan fingerprint density at radius 2 is 2.04 bits per heavy atom. The Kier molecular flexibility index (Phi) is 9.26. The molecule has 7 nitrogen and oxygen atoms in total. The third-order valence-corrected chi connectivity index (χ3v) is 7.93. The number of sulfonamides is 1. The van der Waals surface area contributed by atoms with Crippen LogP contribution in [0.4, 0.5) is 0 Å². The lowest BCUT2D eigenvalue weighted by Gasteiger charge is -2.27. The first-order chi connectivity index (χ1) is 12.6. The fourth-order valence-electron chi connectivity index (χ4n) is 3.60. The Balaban J connectivity index is 0.00000261. The first-order valence-corrected chi connectivity index (χ1v) is 11.8. The van der Waals surface area contributed by atoms with E-state index in [2.05, 4.69) is 38.0 Å². The molecule has 10 heteroatoms. The summed E-state index contributed by atoms with van der Waals surface area (Å²) in [7, 11) is -1.28. The molecule has 154 valence electrons. The van der Waals surface area contributed by atoms with Crippen molar-refractivity contribution >= 4 is 51.3 Å². The molecule has 2 fully saturated rings. The number of guanidine groups is 1. The van der Waals surface area contributed by atoms with Crippen molar-refractivity contribution in [3.05, 3.63) is 22.4 Å². The maximum Gasteiger partial charge on any atom is 0.214 e. The van der Waals surface area contributed by atoms with Crippen LogP contribution in [0.3, 0.4) is 0 Å². The Labute approximate surface area is 183 Å². The zero-order valence-corrected chi connectivity index (χ0v) is 19.7. The molecule has 1 atom stereocenters. The van der Waals surface area contributed by atoms with Gasteiger partial charge in [0.2, 0.25) is 10.0 Å². The van der Waals surface area contributed by atoms with E-state index in [1.54, 1.807) is 22.7 Å². The second-order valence-electron chi connectivity index (χ2n) is 6.72. The van der Waals surface area contributed by atoms with E-state index < -0.39 is 10.0 Å². The summed E-state index contributed by atoms with van der Waals surface area (Å²) in [6.45, 7) is 4.76. The van der Waals surface area contributed by atoms with Gasteiger partial charge in [0.1, 0.15) is 0 Å². The Hall–Kier alpha value is -0.430. The quantitative estimate of drug-likeness (QED) is 0.321. The molecule has 0 amide bonds. The number of hydrogen-bond donors (Lipinski definition) is 2. The molecule has 3 heterocycles. The van der Waals surface area contributed by atoms with Gasteiger partial charge >= 0.3 is 0 Å². The number of nitrogens with zero attached hydrogens (tertiary/aromatic N) is 3. The minimum atomic E-state index is -3.03. The number of thiophene rings is 1. The molecule has 0 saturated carbocycles. The summed E-state index contributed by atoms with van der Waals surface area (Å²) in [5.74, 6) is 1.00. The van der Waals surface area contributed by atoms with Crippen LogP contribution in [0.2, 0.25) is 0 Å². The van der Waals surface area contributed by atoms with Crippen molar-refractivity contribution in [1.82, 2.24) is 19.8 Å². The van der Waals surface area contributed by atoms with Gasteiger partial charge in [0.25, 0.3) is 0 Å². The van der Waals surface area contributed by atoms with Crippen LogP contribution in [0.1, 0.15) is 30.2 Å². The average molecular weight is 527 g/mol. The van der Waals surface area contributed by atoms with E-state index in [4.69, 9.17) is 0 Å². The van der Waals surface area contributed by atoms with Crippen LogP contribution < -0.4 is 10.6 Å². The van der Waals surface area contributed by atoms with Crippen LogP contribution >= 0.6 is 35.3 Å². The van der Waals surface area contributed by atoms with Gasteiger partial charge in [0.15, 0.2) is 5.96 Å². The molecule has 1 unspecified atom stereocenters. The first-order valence-electron chi connectivity index (χ1n) is 9.30. The zero-order chi connectivity index (χ0) is 18.4. The van der Waals surface area contributed by atoms with Crippen LogP contribution in [0, 0.1) is 0 Å². The predicted octanol–water partition coefficient (Wildman–Crippen LogP) is 1.70. The Morgan fingerprint density at radius 1 is 1.26 bits per heavy atom. The summed E-state index contributed by atoms with van der Waals surface area (Å²) in [5, 5.41) is 8.79. The maximum absolute atomic E-state index is 11.8. The van der Waals surface area contributed by atoms with Crippen LogP contribution in [0.5, 0.6) is 0 Å². The normalized spacial score (nSPS) is 21.7. The van der Waals surface area contributed by atoms with Crippen LogP contribution in [0.15, 0.2) is 22.5 Å². The van der Waals surface area contributed by atoms with E-state index >= 15 is 0 Å². The predicted molar refractivity (Wildman–Crippen MR) is 123 cm³/mol. The summed E-state index contributed by atoms with van der Waals surface area (Å²) in [5.41, 5.74) is 0. The molecule has 1 aromatic rings. The number of rotatable bonds is 7. The van der Waals surface area contributed by atoms with Crippen molar-refractivity contribution in [1.29, 1.82) is 0 Å². The van der Waals surface area contributed by atoms with E-state index in [0.29, 0.717) is 25.7 Å². The largest absolute Gasteiger partial charge is 0.355 e. The number of halogens is 1. The van der Waals surface area contributed by atoms with Crippen molar-refractivity contribution in [2.75, 3.05) is 52.1 Å². The summed E-state index contributed by atoms with van der Waals surface area (Å²) >= 11 is 1.80. The molecule has 3 rings (SSSR count). The SMILES string of the molecule is CN=C(NCCN1CCCS1(=O)=O)NCC(c1cccs1)N1CCCC1.I. The molecule has 0 radical (unpaired) electrons. The second-order valence-corrected chi connectivity index (χ2v) is 9.79. The van der Waals surface area contributed by atoms with Gasteiger partial charge in [-0.1, -0.05) is 6.07 Å². The highest BCUT2D eigenvalue weighted by molar-refractivity contribution is 14.0. The second kappa shape index (κ2) is 10.9. The lowest BCUT2D eigenvalue weighted by atomic mass is 10.2. The maximum atomic E-state index is 11.8. The molecule has 0 spiro atoms. The standard InChI is InChI=1S/C17H29N5O2S2.HI/c1-18-17(19-7-11-22-10-5-13-26(22,23)24)20-14-15(16-6-4-12-25-16)21-8-2-3-9-21;/h4,6,12,15H,2-3,5,7-11,13-14H2,1H3,(H2,18,19,20);1H. The summed E-state index contributed by atoms with van der Waals surface area (Å²) in [6, 6.07) is 4.66. The minimum absolute atomic E-state index is 0. The molecular formula is C17H30IN5O2S2. The molecule has 2 saturated heterocycles. The molecule has 0 bridgehead atoms. The van der Waals surface area contributed by atoms with Gasteiger partial charge in [-0.05, 0) is 43.8 Å². The van der Waals surface area contributed by atoms with Crippen molar-refractivity contribution < 1.29 is 8.42 Å². The molecule has 2 aliphatic rings. The van der Waals surface area contributed by atoms with Crippen molar-refractivity contribution in [2.24, 2.45) is 4.99 Å². The average Bonchev–Trinajstić information content (AvgIpc) is 3.36. The van der Waals surface area contributed by atoms with Gasteiger partial charge in [-0.25, -0.2) is 12.7 Å². The van der Waals surface area contributed by atoms with Gasteiger partial charge in [0, 0.05) is 38.1 Å². The van der Waals surface area contributed by atoms with E-state index in [0.717, 1.165) is 32.0 Å². The third kappa shape index (κ3) is 6.28. The fraction of sp³-hybridized carbons (Fsp3) is 0.706. The van der Waals surface area contributed by atoms with Gasteiger partial charge in [-0.3, -0.25) is 9.89 Å². The first kappa shape index (κ1) is 22.9. The van der Waals surface area contributed by atoms with Crippen molar-refractivity contribution in [3.63, 3.8) is 0 Å². The molecular weight excluding hydrogens is 497 g/mol. The third-order valence-electron chi connectivity index (χ3n) is 5.00. The minimum Gasteiger partial charge on any atom is -0.355 e. The highest BCUT2D eigenvalue weighted by Crippen LogP contribution is 2.27. The number of aliphatic imine (C=N–C) groups is 1. The number of likely N-dealkylation sites (tertiary alicyclic amines) is 1. The molecule has 0 aromatic carbocycles. The molecule has 0 aliphatic carbocycles. The molecule has 2 aliphatic heterocycles. The summed E-state index contributed by atoms with van der Waals surface area (Å²) in [6.07, 6.45) is 3.26.